The summed E-state index contributed by atoms with van der Waals surface area (Å²) in [6, 6.07) is 10.2. The number of aliphatic hydroxyl groups excluding tert-OH is 3. The van der Waals surface area contributed by atoms with Crippen molar-refractivity contribution < 1.29 is 25.2 Å². The van der Waals surface area contributed by atoms with Gasteiger partial charge in [-0.2, -0.15) is 5.48 Å². The van der Waals surface area contributed by atoms with Gasteiger partial charge in [0.15, 0.2) is 0 Å². The minimum Gasteiger partial charge on any atom is -0.400 e. The van der Waals surface area contributed by atoms with Crippen LogP contribution in [0.2, 0.25) is 0 Å². The van der Waals surface area contributed by atoms with E-state index in [1.165, 1.54) is 0 Å². The lowest BCUT2D eigenvalue weighted by Crippen LogP contribution is -2.51. The molecule has 174 valence electrons. The molecule has 1 aromatic carbocycles. The van der Waals surface area contributed by atoms with Crippen LogP contribution >= 0.6 is 0 Å². The van der Waals surface area contributed by atoms with E-state index in [-0.39, 0.29) is 10.2 Å². The van der Waals surface area contributed by atoms with E-state index in [2.05, 4.69) is 22.6 Å². The van der Waals surface area contributed by atoms with E-state index in [0.29, 0.717) is 12.6 Å². The lowest BCUT2D eigenvalue weighted by atomic mass is 10.1. The first kappa shape index (κ1) is 32.5. The summed E-state index contributed by atoms with van der Waals surface area (Å²) in [5.41, 5.74) is 8.33. The van der Waals surface area contributed by atoms with Crippen LogP contribution < -0.4 is 16.5 Å². The summed E-state index contributed by atoms with van der Waals surface area (Å²) < 4.78 is 0. The second-order valence-corrected chi connectivity index (χ2v) is 6.17. The molecule has 0 bridgehead atoms. The third kappa shape index (κ3) is 12.2. The van der Waals surface area contributed by atoms with Gasteiger partial charge in [0.2, 0.25) is 0 Å². The first-order chi connectivity index (χ1) is 13.6. The Morgan fingerprint density at radius 3 is 2.03 bits per heavy atom. The van der Waals surface area contributed by atoms with Crippen molar-refractivity contribution in [2.45, 2.75) is 51.4 Å². The van der Waals surface area contributed by atoms with E-state index >= 15 is 0 Å². The third-order valence-electron chi connectivity index (χ3n) is 4.45. The summed E-state index contributed by atoms with van der Waals surface area (Å²) in [5, 5.41) is 35.9. The van der Waals surface area contributed by atoms with E-state index in [9.17, 15) is 5.11 Å². The van der Waals surface area contributed by atoms with Crippen molar-refractivity contribution in [2.24, 2.45) is 5.73 Å². The van der Waals surface area contributed by atoms with Crippen molar-refractivity contribution in [1.29, 1.82) is 0 Å². The molecule has 1 saturated carbocycles. The zero-order chi connectivity index (χ0) is 22.0. The number of hydrogen-bond donors (Lipinski definition) is 7. The fraction of sp³-hybridized carbons (Fsp3) is 0.700. The summed E-state index contributed by atoms with van der Waals surface area (Å²) in [6.45, 7) is 9.48. The molecule has 2 fully saturated rings. The number of hydroxylamine groups is 1. The number of aliphatic hydroxyl groups is 3. The van der Waals surface area contributed by atoms with Gasteiger partial charge >= 0.3 is 0 Å². The second kappa shape index (κ2) is 20.1. The van der Waals surface area contributed by atoms with Crippen LogP contribution in [0.25, 0.3) is 0 Å². The van der Waals surface area contributed by atoms with Crippen LogP contribution in [0.3, 0.4) is 0 Å². The molecule has 1 aliphatic carbocycles. The molecule has 29 heavy (non-hydrogen) atoms. The monoisotopic (exact) mass is 422 g/mol. The molecular formula is C20H43FN4O4. The number of nitrogens with one attached hydrogen (secondary N) is 2. The maximum absolute atomic E-state index is 10.2. The normalized spacial score (nSPS) is 19.6. The highest BCUT2D eigenvalue weighted by molar-refractivity contribution is 5.17. The molecule has 2 unspecified atom stereocenters. The van der Waals surface area contributed by atoms with E-state index in [1.54, 1.807) is 0 Å². The zero-order valence-electron chi connectivity index (χ0n) is 18.5. The Morgan fingerprint density at radius 1 is 1.17 bits per heavy atom. The molecule has 3 rings (SSSR count). The predicted molar refractivity (Wildman–Crippen MR) is 117 cm³/mol. The summed E-state index contributed by atoms with van der Waals surface area (Å²) in [6.07, 6.45) is 1.56. The van der Waals surface area contributed by atoms with Gasteiger partial charge in [-0.1, -0.05) is 44.2 Å². The second-order valence-electron chi connectivity index (χ2n) is 6.17. The molecule has 1 aliphatic heterocycles. The third-order valence-corrected chi connectivity index (χ3v) is 4.45. The van der Waals surface area contributed by atoms with Gasteiger partial charge in [-0.3, -0.25) is 9.60 Å². The van der Waals surface area contributed by atoms with Crippen LogP contribution in [0.1, 0.15) is 45.4 Å². The van der Waals surface area contributed by atoms with Gasteiger partial charge in [-0.05, 0) is 25.3 Å². The van der Waals surface area contributed by atoms with Crippen LogP contribution in [0.4, 0.5) is 4.70 Å². The zero-order valence-corrected chi connectivity index (χ0v) is 18.5. The topological polar surface area (TPSA) is 134 Å². The van der Waals surface area contributed by atoms with Gasteiger partial charge in [0, 0.05) is 46.4 Å². The average Bonchev–Trinajstić information content (AvgIpc) is 3.60. The van der Waals surface area contributed by atoms with E-state index in [4.69, 9.17) is 21.2 Å². The summed E-state index contributed by atoms with van der Waals surface area (Å²) in [5.74, 6) is 0. The standard InChI is InChI=1S/C12H18N2O.C4H10N2O.C2H6.2CH4O.FH/c1-10-9-13-7-8-14(10)12(15)11-5-3-2-4-6-11;5-3-4(6-7)1-2-4;3*1-2;/h2-6,10,12-13,15H,7-9H2,1H3;6-7H,1-3,5H2;1-2H3;2*2H,1H3;1H. The summed E-state index contributed by atoms with van der Waals surface area (Å²) >= 11 is 0. The van der Waals surface area contributed by atoms with Crippen LogP contribution in [-0.2, 0) is 0 Å². The predicted octanol–water partition coefficient (Wildman–Crippen LogP) is 0.823. The highest BCUT2D eigenvalue weighted by atomic mass is 19.0. The lowest BCUT2D eigenvalue weighted by molar-refractivity contribution is -0.0324. The Morgan fingerprint density at radius 2 is 1.69 bits per heavy atom. The Kier molecular flexibility index (Phi) is 22.5. The number of hydrogen-bond acceptors (Lipinski definition) is 8. The first-order valence-electron chi connectivity index (χ1n) is 9.82. The molecule has 1 aromatic rings. The molecule has 0 aromatic heterocycles. The lowest BCUT2D eigenvalue weighted by Gasteiger charge is -2.37. The number of piperazine rings is 1. The van der Waals surface area contributed by atoms with Crippen molar-refractivity contribution in [3.05, 3.63) is 35.9 Å². The van der Waals surface area contributed by atoms with Crippen molar-refractivity contribution in [3.8, 4) is 0 Å². The van der Waals surface area contributed by atoms with Gasteiger partial charge in [0.05, 0.1) is 5.54 Å². The Balaban J connectivity index is -0.000000409. The Bertz CT molecular complexity index is 447. The van der Waals surface area contributed by atoms with Crippen LogP contribution in [-0.4, -0.2) is 77.4 Å². The van der Waals surface area contributed by atoms with Gasteiger partial charge in [0.1, 0.15) is 6.23 Å². The molecule has 8 nitrogen and oxygen atoms in total. The highest BCUT2D eigenvalue weighted by Gasteiger charge is 2.40. The maximum atomic E-state index is 10.2. The summed E-state index contributed by atoms with van der Waals surface area (Å²) in [4.78, 5) is 2.13. The number of rotatable bonds is 4. The highest BCUT2D eigenvalue weighted by Crippen LogP contribution is 2.32. The molecule has 0 amide bonds. The quantitative estimate of drug-likeness (QED) is 0.355. The summed E-state index contributed by atoms with van der Waals surface area (Å²) in [7, 11) is 2.00. The van der Waals surface area contributed by atoms with Crippen LogP contribution in [0.5, 0.6) is 0 Å². The minimum atomic E-state index is -0.469. The van der Waals surface area contributed by atoms with E-state index in [1.807, 2.05) is 44.2 Å². The Hall–Kier alpha value is -1.17. The fourth-order valence-corrected chi connectivity index (χ4v) is 2.55. The molecular weight excluding hydrogens is 379 g/mol. The smallest absolute Gasteiger partial charge is 0.133 e. The van der Waals surface area contributed by atoms with Crippen LogP contribution in [0.15, 0.2) is 30.3 Å². The molecule has 2 atom stereocenters. The molecule has 0 spiro atoms. The number of benzene rings is 1. The van der Waals surface area contributed by atoms with Crippen molar-refractivity contribution in [1.82, 2.24) is 15.7 Å². The van der Waals surface area contributed by atoms with Crippen LogP contribution in [0, 0.1) is 0 Å². The van der Waals surface area contributed by atoms with E-state index < -0.39 is 6.23 Å². The average molecular weight is 423 g/mol. The molecule has 1 heterocycles. The van der Waals surface area contributed by atoms with Crippen molar-refractivity contribution >= 4 is 0 Å². The molecule has 9 heteroatoms. The van der Waals surface area contributed by atoms with Gasteiger partial charge in [-0.25, -0.2) is 0 Å². The number of nitrogens with two attached hydrogens (primary N) is 1. The SMILES string of the molecule is CC.CC1CNCCN1C(O)c1ccccc1.CO.CO.F.NCC1(NO)CC1. The number of nitrogens with zero attached hydrogens (tertiary/aromatic N) is 1. The van der Waals surface area contributed by atoms with E-state index in [0.717, 1.165) is 52.3 Å². The largest absolute Gasteiger partial charge is 0.400 e. The van der Waals surface area contributed by atoms with Gasteiger partial charge in [-0.15, -0.1) is 0 Å². The maximum Gasteiger partial charge on any atom is 0.133 e. The Labute approximate surface area is 175 Å². The number of halogens is 1. The first-order valence-corrected chi connectivity index (χ1v) is 9.82. The molecule has 2 aliphatic rings. The van der Waals surface area contributed by atoms with Gasteiger partial charge in [0.25, 0.3) is 0 Å². The van der Waals surface area contributed by atoms with Crippen molar-refractivity contribution in [2.75, 3.05) is 40.4 Å². The molecule has 0 radical (unpaired) electrons. The molecule has 8 N–H and O–H groups in total. The minimum absolute atomic E-state index is 0. The fourth-order valence-electron chi connectivity index (χ4n) is 2.55. The van der Waals surface area contributed by atoms with Gasteiger partial charge < -0.3 is 31.6 Å². The van der Waals surface area contributed by atoms with Crippen molar-refractivity contribution in [3.63, 3.8) is 0 Å². The molecule has 1 saturated heterocycles.